The van der Waals surface area contributed by atoms with Crippen molar-refractivity contribution in [2.75, 3.05) is 40.4 Å². The first-order chi connectivity index (χ1) is 12.0. The molecule has 0 aliphatic carbocycles. The number of amides is 1. The molecule has 6 nitrogen and oxygen atoms in total. The number of carbonyl (C=O) groups is 1. The Labute approximate surface area is 151 Å². The minimum Gasteiger partial charge on any atom is -0.497 e. The standard InChI is InChI=1S/C19H32N2O4/c1-5-21(6-2)13-7-12-20-19(23)11-10-17(22)16-9-8-15(24-3)14-18(16)25-4/h8-9,14,17,22H,5-7,10-13H2,1-4H3,(H,20,23). The summed E-state index contributed by atoms with van der Waals surface area (Å²) in [6.07, 6.45) is 0.816. The number of carbonyl (C=O) groups excluding carboxylic acids is 1. The predicted octanol–water partition coefficient (Wildman–Crippen LogP) is 2.37. The lowest BCUT2D eigenvalue weighted by molar-refractivity contribution is -0.121. The number of rotatable bonds is 12. The second-order valence-corrected chi connectivity index (χ2v) is 5.89. The normalized spacial score (nSPS) is 12.1. The SMILES string of the molecule is CCN(CC)CCCNC(=O)CCC(O)c1ccc(OC)cc1OC. The van der Waals surface area contributed by atoms with E-state index in [1.54, 1.807) is 32.4 Å². The van der Waals surface area contributed by atoms with Crippen LogP contribution in [-0.2, 0) is 4.79 Å². The van der Waals surface area contributed by atoms with Gasteiger partial charge >= 0.3 is 0 Å². The van der Waals surface area contributed by atoms with Crippen molar-refractivity contribution in [2.24, 2.45) is 0 Å². The number of nitrogens with one attached hydrogen (secondary N) is 1. The largest absolute Gasteiger partial charge is 0.497 e. The highest BCUT2D eigenvalue weighted by atomic mass is 16.5. The van der Waals surface area contributed by atoms with Gasteiger partial charge in [0.2, 0.25) is 5.91 Å². The van der Waals surface area contributed by atoms with Gasteiger partial charge in [0.25, 0.3) is 0 Å². The van der Waals surface area contributed by atoms with E-state index in [1.165, 1.54) is 0 Å². The molecule has 1 atom stereocenters. The lowest BCUT2D eigenvalue weighted by Gasteiger charge is -2.18. The summed E-state index contributed by atoms with van der Waals surface area (Å²) in [5.41, 5.74) is 0.664. The Hall–Kier alpha value is -1.79. The predicted molar refractivity (Wildman–Crippen MR) is 99.2 cm³/mol. The van der Waals surface area contributed by atoms with Crippen LogP contribution in [-0.4, -0.2) is 56.3 Å². The third-order valence-electron chi connectivity index (χ3n) is 4.31. The lowest BCUT2D eigenvalue weighted by Crippen LogP contribution is -2.29. The minimum atomic E-state index is -0.748. The topological polar surface area (TPSA) is 71.0 Å². The van der Waals surface area contributed by atoms with E-state index in [9.17, 15) is 9.90 Å². The molecule has 6 heteroatoms. The zero-order valence-electron chi connectivity index (χ0n) is 15.9. The summed E-state index contributed by atoms with van der Waals surface area (Å²) in [5, 5.41) is 13.3. The number of hydrogen-bond donors (Lipinski definition) is 2. The van der Waals surface area contributed by atoms with Crippen LogP contribution in [0.4, 0.5) is 0 Å². The molecule has 2 N–H and O–H groups in total. The second kappa shape index (κ2) is 11.7. The molecular weight excluding hydrogens is 320 g/mol. The lowest BCUT2D eigenvalue weighted by atomic mass is 10.0. The molecule has 1 amide bonds. The van der Waals surface area contributed by atoms with Crippen LogP contribution in [0.2, 0.25) is 0 Å². The van der Waals surface area contributed by atoms with Crippen LogP contribution in [0, 0.1) is 0 Å². The summed E-state index contributed by atoms with van der Waals surface area (Å²) < 4.78 is 10.4. The molecule has 1 aromatic carbocycles. The van der Waals surface area contributed by atoms with E-state index < -0.39 is 6.10 Å². The molecule has 1 unspecified atom stereocenters. The number of hydrogen-bond acceptors (Lipinski definition) is 5. The monoisotopic (exact) mass is 352 g/mol. The molecular formula is C19H32N2O4. The van der Waals surface area contributed by atoms with Gasteiger partial charge in [-0.3, -0.25) is 4.79 Å². The Morgan fingerprint density at radius 2 is 1.96 bits per heavy atom. The molecule has 0 heterocycles. The fourth-order valence-corrected chi connectivity index (χ4v) is 2.68. The van der Waals surface area contributed by atoms with E-state index in [0.717, 1.165) is 26.1 Å². The molecule has 0 spiro atoms. The van der Waals surface area contributed by atoms with Crippen molar-refractivity contribution < 1.29 is 19.4 Å². The van der Waals surface area contributed by atoms with Crippen molar-refractivity contribution in [1.82, 2.24) is 10.2 Å². The number of nitrogens with zero attached hydrogens (tertiary/aromatic N) is 1. The summed E-state index contributed by atoms with van der Waals surface area (Å²) in [5.74, 6) is 1.19. The highest BCUT2D eigenvalue weighted by Crippen LogP contribution is 2.31. The van der Waals surface area contributed by atoms with Crippen molar-refractivity contribution in [3.8, 4) is 11.5 Å². The first-order valence-electron chi connectivity index (χ1n) is 8.94. The molecule has 0 aliphatic rings. The zero-order chi connectivity index (χ0) is 18.7. The molecule has 0 bridgehead atoms. The number of benzene rings is 1. The maximum absolute atomic E-state index is 11.9. The van der Waals surface area contributed by atoms with Gasteiger partial charge in [0, 0.05) is 24.6 Å². The van der Waals surface area contributed by atoms with Crippen molar-refractivity contribution >= 4 is 5.91 Å². The first-order valence-corrected chi connectivity index (χ1v) is 8.94. The fourth-order valence-electron chi connectivity index (χ4n) is 2.68. The Bertz CT molecular complexity index is 518. The second-order valence-electron chi connectivity index (χ2n) is 5.89. The van der Waals surface area contributed by atoms with Crippen molar-refractivity contribution in [1.29, 1.82) is 0 Å². The van der Waals surface area contributed by atoms with Gasteiger partial charge in [-0.2, -0.15) is 0 Å². The minimum absolute atomic E-state index is 0.0360. The highest BCUT2D eigenvalue weighted by molar-refractivity contribution is 5.75. The van der Waals surface area contributed by atoms with Crippen molar-refractivity contribution in [3.63, 3.8) is 0 Å². The van der Waals surface area contributed by atoms with Crippen LogP contribution in [0.3, 0.4) is 0 Å². The third-order valence-corrected chi connectivity index (χ3v) is 4.31. The molecule has 0 saturated heterocycles. The first kappa shape index (κ1) is 21.3. The Morgan fingerprint density at radius 3 is 2.56 bits per heavy atom. The van der Waals surface area contributed by atoms with E-state index in [2.05, 4.69) is 24.1 Å². The third kappa shape index (κ3) is 7.32. The molecule has 0 radical (unpaired) electrons. The molecule has 0 saturated carbocycles. The average Bonchev–Trinajstić information content (AvgIpc) is 2.65. The maximum atomic E-state index is 11.9. The van der Waals surface area contributed by atoms with Crippen LogP contribution in [0.1, 0.15) is 44.8 Å². The molecule has 142 valence electrons. The number of methoxy groups -OCH3 is 2. The molecule has 1 rings (SSSR count). The van der Waals surface area contributed by atoms with Gasteiger partial charge in [-0.15, -0.1) is 0 Å². The Kier molecular flexibility index (Phi) is 9.96. The number of aliphatic hydroxyl groups excluding tert-OH is 1. The summed E-state index contributed by atoms with van der Waals surface area (Å²) in [4.78, 5) is 14.3. The van der Waals surface area contributed by atoms with E-state index in [-0.39, 0.29) is 12.3 Å². The summed E-state index contributed by atoms with van der Waals surface area (Å²) in [7, 11) is 3.13. The van der Waals surface area contributed by atoms with Gasteiger partial charge in [-0.25, -0.2) is 0 Å². The van der Waals surface area contributed by atoms with Crippen LogP contribution in [0.25, 0.3) is 0 Å². The molecule has 0 aromatic heterocycles. The summed E-state index contributed by atoms with van der Waals surface area (Å²) in [6.45, 7) is 7.98. The van der Waals surface area contributed by atoms with Crippen LogP contribution < -0.4 is 14.8 Å². The maximum Gasteiger partial charge on any atom is 0.220 e. The number of ether oxygens (including phenoxy) is 2. The summed E-state index contributed by atoms with van der Waals surface area (Å²) in [6, 6.07) is 5.27. The van der Waals surface area contributed by atoms with E-state index in [1.807, 2.05) is 0 Å². The van der Waals surface area contributed by atoms with Gasteiger partial charge in [-0.05, 0) is 44.6 Å². The van der Waals surface area contributed by atoms with Crippen LogP contribution >= 0.6 is 0 Å². The average molecular weight is 352 g/mol. The van der Waals surface area contributed by atoms with Crippen LogP contribution in [0.5, 0.6) is 11.5 Å². The molecule has 25 heavy (non-hydrogen) atoms. The Morgan fingerprint density at radius 1 is 1.24 bits per heavy atom. The summed E-state index contributed by atoms with van der Waals surface area (Å²) >= 11 is 0. The molecule has 1 aromatic rings. The smallest absolute Gasteiger partial charge is 0.220 e. The van der Waals surface area contributed by atoms with E-state index in [0.29, 0.717) is 30.0 Å². The van der Waals surface area contributed by atoms with Crippen molar-refractivity contribution in [3.05, 3.63) is 23.8 Å². The van der Waals surface area contributed by atoms with Gasteiger partial charge in [0.15, 0.2) is 0 Å². The van der Waals surface area contributed by atoms with Gasteiger partial charge in [0.05, 0.1) is 20.3 Å². The quantitative estimate of drug-likeness (QED) is 0.565. The van der Waals surface area contributed by atoms with Gasteiger partial charge < -0.3 is 24.8 Å². The van der Waals surface area contributed by atoms with Crippen molar-refractivity contribution in [2.45, 2.75) is 39.2 Å². The zero-order valence-corrected chi connectivity index (χ0v) is 15.9. The van der Waals surface area contributed by atoms with E-state index >= 15 is 0 Å². The molecule has 0 fully saturated rings. The fraction of sp³-hybridized carbons (Fsp3) is 0.632. The molecule has 0 aliphatic heterocycles. The van der Waals surface area contributed by atoms with Crippen LogP contribution in [0.15, 0.2) is 18.2 Å². The van der Waals surface area contributed by atoms with Gasteiger partial charge in [0.1, 0.15) is 11.5 Å². The van der Waals surface area contributed by atoms with Gasteiger partial charge in [-0.1, -0.05) is 13.8 Å². The number of aliphatic hydroxyl groups is 1. The Balaban J connectivity index is 2.38. The highest BCUT2D eigenvalue weighted by Gasteiger charge is 2.15. The van der Waals surface area contributed by atoms with E-state index in [4.69, 9.17) is 9.47 Å².